The van der Waals surface area contributed by atoms with E-state index < -0.39 is 11.6 Å². The first kappa shape index (κ1) is 12.1. The van der Waals surface area contributed by atoms with Gasteiger partial charge in [-0.3, -0.25) is 0 Å². The highest BCUT2D eigenvalue weighted by Gasteiger charge is 2.16. The predicted octanol–water partition coefficient (Wildman–Crippen LogP) is 3.51. The van der Waals surface area contributed by atoms with Gasteiger partial charge in [0.15, 0.2) is 11.6 Å². The molecule has 1 saturated carbocycles. The van der Waals surface area contributed by atoms with Crippen LogP contribution in [0.4, 0.5) is 14.5 Å². The Morgan fingerprint density at radius 1 is 1.12 bits per heavy atom. The van der Waals surface area contributed by atoms with E-state index in [2.05, 4.69) is 0 Å². The standard InChI is InChI=1S/C13H17F2NO/c14-10-7-13(11(15)6-12(10)16)17-8-9-4-2-1-3-5-9/h6-7,9H,1-5,8,16H2. The molecule has 0 aliphatic heterocycles. The van der Waals surface area contributed by atoms with Crippen LogP contribution in [0.3, 0.4) is 0 Å². The molecule has 0 amide bonds. The van der Waals surface area contributed by atoms with Crippen molar-refractivity contribution >= 4 is 5.69 Å². The molecular formula is C13H17F2NO. The number of halogens is 2. The van der Waals surface area contributed by atoms with E-state index in [9.17, 15) is 8.78 Å². The average Bonchev–Trinajstić information content (AvgIpc) is 2.33. The van der Waals surface area contributed by atoms with Crippen molar-refractivity contribution < 1.29 is 13.5 Å². The van der Waals surface area contributed by atoms with Crippen molar-refractivity contribution in [2.45, 2.75) is 32.1 Å². The second kappa shape index (κ2) is 5.34. The van der Waals surface area contributed by atoms with Gasteiger partial charge in [0.2, 0.25) is 0 Å². The third kappa shape index (κ3) is 3.08. The summed E-state index contributed by atoms with van der Waals surface area (Å²) in [5, 5.41) is 0. The van der Waals surface area contributed by atoms with Gasteiger partial charge in [-0.15, -0.1) is 0 Å². The van der Waals surface area contributed by atoms with Crippen LogP contribution in [-0.4, -0.2) is 6.61 Å². The zero-order valence-electron chi connectivity index (χ0n) is 9.72. The van der Waals surface area contributed by atoms with Gasteiger partial charge in [-0.05, 0) is 18.8 Å². The molecule has 0 radical (unpaired) electrons. The maximum absolute atomic E-state index is 13.4. The number of benzene rings is 1. The van der Waals surface area contributed by atoms with Crippen molar-refractivity contribution in [1.29, 1.82) is 0 Å². The Bertz CT molecular complexity index is 389. The molecule has 0 atom stereocenters. The van der Waals surface area contributed by atoms with Crippen LogP contribution in [0, 0.1) is 17.6 Å². The minimum absolute atomic E-state index is 0.0396. The Balaban J connectivity index is 1.96. The summed E-state index contributed by atoms with van der Waals surface area (Å²) in [6.07, 6.45) is 5.89. The number of anilines is 1. The van der Waals surface area contributed by atoms with Crippen LogP contribution >= 0.6 is 0 Å². The lowest BCUT2D eigenvalue weighted by Crippen LogP contribution is -2.15. The second-order valence-electron chi connectivity index (χ2n) is 4.62. The van der Waals surface area contributed by atoms with Crippen LogP contribution in [0.25, 0.3) is 0 Å². The van der Waals surface area contributed by atoms with E-state index in [1.54, 1.807) is 0 Å². The first-order chi connectivity index (χ1) is 8.16. The lowest BCUT2D eigenvalue weighted by atomic mass is 9.90. The average molecular weight is 241 g/mol. The summed E-state index contributed by atoms with van der Waals surface area (Å²) in [7, 11) is 0. The molecule has 1 aliphatic carbocycles. The summed E-state index contributed by atoms with van der Waals surface area (Å²) in [6, 6.07) is 1.99. The molecule has 0 spiro atoms. The highest BCUT2D eigenvalue weighted by molar-refractivity contribution is 5.44. The largest absolute Gasteiger partial charge is 0.490 e. The molecule has 0 saturated heterocycles. The van der Waals surface area contributed by atoms with Crippen LogP contribution in [0.1, 0.15) is 32.1 Å². The molecule has 2 rings (SSSR count). The quantitative estimate of drug-likeness (QED) is 0.822. The van der Waals surface area contributed by atoms with Crippen LogP contribution in [0.2, 0.25) is 0 Å². The van der Waals surface area contributed by atoms with Crippen LogP contribution < -0.4 is 10.5 Å². The summed E-state index contributed by atoms with van der Waals surface area (Å²) >= 11 is 0. The fourth-order valence-corrected chi connectivity index (χ4v) is 2.22. The number of hydrogen-bond acceptors (Lipinski definition) is 2. The molecule has 4 heteroatoms. The minimum Gasteiger partial charge on any atom is -0.490 e. The molecule has 1 aromatic carbocycles. The summed E-state index contributed by atoms with van der Waals surface area (Å²) in [6.45, 7) is 0.459. The summed E-state index contributed by atoms with van der Waals surface area (Å²) in [5.74, 6) is -0.809. The van der Waals surface area contributed by atoms with Crippen molar-refractivity contribution in [1.82, 2.24) is 0 Å². The van der Waals surface area contributed by atoms with E-state index in [1.165, 1.54) is 19.3 Å². The lowest BCUT2D eigenvalue weighted by molar-refractivity contribution is 0.202. The molecule has 1 fully saturated rings. The van der Waals surface area contributed by atoms with E-state index in [0.29, 0.717) is 12.5 Å². The number of rotatable bonds is 3. The van der Waals surface area contributed by atoms with E-state index >= 15 is 0 Å². The highest BCUT2D eigenvalue weighted by Crippen LogP contribution is 2.27. The molecule has 0 aromatic heterocycles. The van der Waals surface area contributed by atoms with E-state index in [0.717, 1.165) is 25.0 Å². The van der Waals surface area contributed by atoms with Gasteiger partial charge in [0.1, 0.15) is 5.82 Å². The van der Waals surface area contributed by atoms with Gasteiger partial charge in [0, 0.05) is 12.1 Å². The topological polar surface area (TPSA) is 35.2 Å². The Kier molecular flexibility index (Phi) is 3.82. The Labute approximate surface area is 99.8 Å². The molecule has 17 heavy (non-hydrogen) atoms. The zero-order chi connectivity index (χ0) is 12.3. The lowest BCUT2D eigenvalue weighted by Gasteiger charge is -2.21. The predicted molar refractivity (Wildman–Crippen MR) is 62.8 cm³/mol. The maximum Gasteiger partial charge on any atom is 0.167 e. The summed E-state index contributed by atoms with van der Waals surface area (Å²) < 4.78 is 31.9. The SMILES string of the molecule is Nc1cc(F)c(OCC2CCCCC2)cc1F. The Hall–Kier alpha value is -1.32. The molecular weight excluding hydrogens is 224 g/mol. The Morgan fingerprint density at radius 3 is 2.53 bits per heavy atom. The van der Waals surface area contributed by atoms with Gasteiger partial charge in [0.25, 0.3) is 0 Å². The smallest absolute Gasteiger partial charge is 0.167 e. The van der Waals surface area contributed by atoms with Gasteiger partial charge >= 0.3 is 0 Å². The maximum atomic E-state index is 13.4. The van der Waals surface area contributed by atoms with E-state index in [1.807, 2.05) is 0 Å². The molecule has 94 valence electrons. The molecule has 1 aromatic rings. The van der Waals surface area contributed by atoms with E-state index in [4.69, 9.17) is 10.5 Å². The second-order valence-corrected chi connectivity index (χ2v) is 4.62. The fraction of sp³-hybridized carbons (Fsp3) is 0.538. The molecule has 2 nitrogen and oxygen atoms in total. The van der Waals surface area contributed by atoms with Crippen molar-refractivity contribution in [3.63, 3.8) is 0 Å². The van der Waals surface area contributed by atoms with Gasteiger partial charge in [0.05, 0.1) is 12.3 Å². The van der Waals surface area contributed by atoms with Crippen molar-refractivity contribution in [3.8, 4) is 5.75 Å². The molecule has 0 heterocycles. The fourth-order valence-electron chi connectivity index (χ4n) is 2.22. The Morgan fingerprint density at radius 2 is 1.82 bits per heavy atom. The van der Waals surface area contributed by atoms with Gasteiger partial charge in [-0.2, -0.15) is 0 Å². The normalized spacial score (nSPS) is 17.1. The molecule has 2 N–H and O–H groups in total. The highest BCUT2D eigenvalue weighted by atomic mass is 19.1. The van der Waals surface area contributed by atoms with Crippen molar-refractivity contribution in [2.75, 3.05) is 12.3 Å². The van der Waals surface area contributed by atoms with E-state index in [-0.39, 0.29) is 11.4 Å². The van der Waals surface area contributed by atoms with Gasteiger partial charge in [-0.1, -0.05) is 19.3 Å². The first-order valence-corrected chi connectivity index (χ1v) is 6.04. The molecule has 0 bridgehead atoms. The van der Waals surface area contributed by atoms with Crippen LogP contribution in [0.5, 0.6) is 5.75 Å². The first-order valence-electron chi connectivity index (χ1n) is 6.04. The van der Waals surface area contributed by atoms with Gasteiger partial charge in [-0.25, -0.2) is 8.78 Å². The van der Waals surface area contributed by atoms with Crippen LogP contribution in [-0.2, 0) is 0 Å². The minimum atomic E-state index is -0.634. The third-order valence-corrected chi connectivity index (χ3v) is 3.25. The number of nitrogen functional groups attached to an aromatic ring is 1. The third-order valence-electron chi connectivity index (χ3n) is 3.25. The van der Waals surface area contributed by atoms with Crippen LogP contribution in [0.15, 0.2) is 12.1 Å². The van der Waals surface area contributed by atoms with Crippen molar-refractivity contribution in [2.24, 2.45) is 5.92 Å². The summed E-state index contributed by atoms with van der Waals surface area (Å²) in [5.41, 5.74) is 5.07. The number of nitrogens with two attached hydrogens (primary N) is 1. The molecule has 0 unspecified atom stereocenters. The summed E-state index contributed by atoms with van der Waals surface area (Å²) in [4.78, 5) is 0. The zero-order valence-corrected chi connectivity index (χ0v) is 9.72. The van der Waals surface area contributed by atoms with Gasteiger partial charge < -0.3 is 10.5 Å². The number of hydrogen-bond donors (Lipinski definition) is 1. The molecule has 1 aliphatic rings. The number of ether oxygens (including phenoxy) is 1. The van der Waals surface area contributed by atoms with Crippen molar-refractivity contribution in [3.05, 3.63) is 23.8 Å². The monoisotopic (exact) mass is 241 g/mol.